The van der Waals surface area contributed by atoms with Crippen LogP contribution >= 0.6 is 10.7 Å². The number of fused-ring (bicyclic) bond motifs is 2. The monoisotopic (exact) mass is 226 g/mol. The highest BCUT2D eigenvalue weighted by molar-refractivity contribution is 8.14. The predicted octanol–water partition coefficient (Wildman–Crippen LogP) is 2.08. The number of nitrogens with two attached hydrogens (primary N) is 1. The molecule has 2 nitrogen and oxygen atoms in total. The molecule has 1 aliphatic heterocycles. The van der Waals surface area contributed by atoms with Crippen molar-refractivity contribution >= 4 is 15.7 Å². The van der Waals surface area contributed by atoms with E-state index in [2.05, 4.69) is 12.2 Å². The van der Waals surface area contributed by atoms with Crippen LogP contribution in [-0.4, -0.2) is 17.3 Å². The fourth-order valence-electron chi connectivity index (χ4n) is 4.14. The van der Waals surface area contributed by atoms with E-state index < -0.39 is 0 Å². The van der Waals surface area contributed by atoms with Crippen LogP contribution in [0.3, 0.4) is 0 Å². The minimum Gasteiger partial charge on any atom is -0.285 e. The van der Waals surface area contributed by atoms with E-state index in [-0.39, 0.29) is 10.7 Å². The Morgan fingerprint density at radius 3 is 3.00 bits per heavy atom. The summed E-state index contributed by atoms with van der Waals surface area (Å²) >= 11 is 0. The minimum absolute atomic E-state index is 0.0756. The molecular formula is C12H22N2S. The topological polar surface area (TPSA) is 38.0 Å². The zero-order valence-electron chi connectivity index (χ0n) is 9.59. The molecule has 0 aromatic heterocycles. The molecule has 0 radical (unpaired) electrons. The first kappa shape index (κ1) is 10.3. The molecule has 3 N–H and O–H groups in total. The van der Waals surface area contributed by atoms with Crippen molar-refractivity contribution in [1.29, 1.82) is 0 Å². The minimum atomic E-state index is 0.0756. The van der Waals surface area contributed by atoms with Crippen LogP contribution in [0.25, 0.3) is 0 Å². The van der Waals surface area contributed by atoms with Crippen molar-refractivity contribution in [1.82, 2.24) is 5.32 Å². The average Bonchev–Trinajstić information content (AvgIpc) is 2.90. The third-order valence-corrected chi connectivity index (χ3v) is 6.59. The maximum atomic E-state index is 6.25. The van der Waals surface area contributed by atoms with Gasteiger partial charge in [-0.15, -0.1) is 10.7 Å². The molecule has 2 bridgehead atoms. The van der Waals surface area contributed by atoms with Gasteiger partial charge in [0.05, 0.1) is 0 Å². The van der Waals surface area contributed by atoms with E-state index >= 15 is 0 Å². The summed E-state index contributed by atoms with van der Waals surface area (Å²) in [5.41, 5.74) is 0.527. The predicted molar refractivity (Wildman–Crippen MR) is 67.8 cm³/mol. The lowest BCUT2D eigenvalue weighted by atomic mass is 9.79. The molecule has 3 rings (SSSR count). The molecule has 0 saturated heterocycles. The Kier molecular flexibility index (Phi) is 2.45. The number of nitrogens with one attached hydrogen (secondary N) is 1. The standard InChI is InChI=1S/C12H22N2S/c1-2-9-7-12(4-3-10(9)8-12)11-14-5-6-15(11)13/h9-10,14H,2-8,13H2,1H3. The molecule has 4 atom stereocenters. The lowest BCUT2D eigenvalue weighted by molar-refractivity contribution is 0.299. The second-order valence-electron chi connectivity index (χ2n) is 5.54. The first-order valence-electron chi connectivity index (χ1n) is 6.32. The normalized spacial score (nSPS) is 49.2. The van der Waals surface area contributed by atoms with Crippen LogP contribution in [0.15, 0.2) is 0 Å². The van der Waals surface area contributed by atoms with E-state index in [0.717, 1.165) is 18.4 Å². The van der Waals surface area contributed by atoms with E-state index in [1.165, 1.54) is 37.9 Å². The van der Waals surface area contributed by atoms with Gasteiger partial charge in [-0.2, -0.15) is 0 Å². The summed E-state index contributed by atoms with van der Waals surface area (Å²) in [7, 11) is 0.0756. The summed E-state index contributed by atoms with van der Waals surface area (Å²) < 4.78 is 0. The third kappa shape index (κ3) is 1.43. The highest BCUT2D eigenvalue weighted by Gasteiger charge is 2.52. The van der Waals surface area contributed by atoms with Gasteiger partial charge in [0, 0.05) is 22.7 Å². The average molecular weight is 226 g/mol. The van der Waals surface area contributed by atoms with Crippen molar-refractivity contribution in [2.45, 2.75) is 39.0 Å². The highest BCUT2D eigenvalue weighted by Crippen LogP contribution is 2.59. The molecular weight excluding hydrogens is 204 g/mol. The Morgan fingerprint density at radius 2 is 2.40 bits per heavy atom. The van der Waals surface area contributed by atoms with Crippen molar-refractivity contribution in [2.75, 3.05) is 12.3 Å². The summed E-state index contributed by atoms with van der Waals surface area (Å²) in [6.45, 7) is 3.48. The molecule has 3 aliphatic rings. The fourth-order valence-corrected chi connectivity index (χ4v) is 5.77. The second-order valence-corrected chi connectivity index (χ2v) is 7.22. The summed E-state index contributed by atoms with van der Waals surface area (Å²) in [6.07, 6.45) is 7.11. The van der Waals surface area contributed by atoms with Gasteiger partial charge in [0.15, 0.2) is 0 Å². The molecule has 2 fully saturated rings. The summed E-state index contributed by atoms with van der Waals surface area (Å²) in [5, 5.41) is 9.87. The number of hydrogen-bond acceptors (Lipinski definition) is 2. The van der Waals surface area contributed by atoms with Crippen LogP contribution in [0.4, 0.5) is 0 Å². The maximum absolute atomic E-state index is 6.25. The van der Waals surface area contributed by atoms with Crippen molar-refractivity contribution in [2.24, 2.45) is 22.4 Å². The lowest BCUT2D eigenvalue weighted by Gasteiger charge is -2.31. The Morgan fingerprint density at radius 1 is 1.53 bits per heavy atom. The van der Waals surface area contributed by atoms with Gasteiger partial charge in [-0.1, -0.05) is 13.3 Å². The van der Waals surface area contributed by atoms with Crippen molar-refractivity contribution in [3.63, 3.8) is 0 Å². The molecule has 0 amide bonds. The molecule has 1 heterocycles. The van der Waals surface area contributed by atoms with Gasteiger partial charge in [0.1, 0.15) is 0 Å². The van der Waals surface area contributed by atoms with Gasteiger partial charge >= 0.3 is 0 Å². The molecule has 4 unspecified atom stereocenters. The van der Waals surface area contributed by atoms with Gasteiger partial charge < -0.3 is 0 Å². The highest BCUT2D eigenvalue weighted by atomic mass is 32.2. The van der Waals surface area contributed by atoms with Crippen LogP contribution in [-0.2, 0) is 0 Å². The van der Waals surface area contributed by atoms with Gasteiger partial charge in [-0.25, -0.2) is 0 Å². The first-order chi connectivity index (χ1) is 7.25. The smallest absolute Gasteiger partial charge is 0.0354 e. The summed E-state index contributed by atoms with van der Waals surface area (Å²) in [4.78, 5) is 1.56. The zero-order chi connectivity index (χ0) is 10.5. The maximum Gasteiger partial charge on any atom is 0.0354 e. The molecule has 0 aromatic rings. The van der Waals surface area contributed by atoms with E-state index in [1.807, 2.05) is 0 Å². The van der Waals surface area contributed by atoms with Crippen LogP contribution in [0.2, 0.25) is 0 Å². The Bertz CT molecular complexity index is 313. The number of rotatable bonds is 2. The SMILES string of the molecule is CCC1CC2(C3=S(N)CCN3)CCC1C2. The Hall–Kier alpha value is 0.140. The largest absolute Gasteiger partial charge is 0.285 e. The van der Waals surface area contributed by atoms with E-state index in [4.69, 9.17) is 5.14 Å². The molecule has 0 aromatic carbocycles. The molecule has 3 heteroatoms. The molecule has 86 valence electrons. The fraction of sp³-hybridized carbons (Fsp3) is 0.917. The van der Waals surface area contributed by atoms with Crippen LogP contribution in [0.1, 0.15) is 39.0 Å². The van der Waals surface area contributed by atoms with E-state index in [9.17, 15) is 0 Å². The van der Waals surface area contributed by atoms with E-state index in [1.54, 1.807) is 4.99 Å². The van der Waals surface area contributed by atoms with Crippen molar-refractivity contribution < 1.29 is 0 Å². The van der Waals surface area contributed by atoms with Crippen LogP contribution < -0.4 is 10.5 Å². The zero-order valence-corrected chi connectivity index (χ0v) is 10.4. The molecule has 2 aliphatic carbocycles. The van der Waals surface area contributed by atoms with Gasteiger partial charge in [0.25, 0.3) is 0 Å². The number of hydrogen-bond donors (Lipinski definition) is 2. The summed E-state index contributed by atoms with van der Waals surface area (Å²) in [5.74, 6) is 3.19. The quantitative estimate of drug-likeness (QED) is 0.708. The first-order valence-corrected chi connectivity index (χ1v) is 7.77. The summed E-state index contributed by atoms with van der Waals surface area (Å²) in [6, 6.07) is 0. The van der Waals surface area contributed by atoms with Gasteiger partial charge in [-0.05, 0) is 37.5 Å². The van der Waals surface area contributed by atoms with Gasteiger partial charge in [0.2, 0.25) is 0 Å². The van der Waals surface area contributed by atoms with E-state index in [0.29, 0.717) is 5.41 Å². The third-order valence-electron chi connectivity index (χ3n) is 4.84. The molecule has 2 saturated carbocycles. The molecule has 0 spiro atoms. The van der Waals surface area contributed by atoms with Crippen molar-refractivity contribution in [3.05, 3.63) is 0 Å². The lowest BCUT2D eigenvalue weighted by Crippen LogP contribution is -2.36. The van der Waals surface area contributed by atoms with Crippen molar-refractivity contribution in [3.8, 4) is 0 Å². The molecule has 15 heavy (non-hydrogen) atoms. The Balaban J connectivity index is 1.89. The van der Waals surface area contributed by atoms with Crippen LogP contribution in [0.5, 0.6) is 0 Å². The van der Waals surface area contributed by atoms with Crippen LogP contribution in [0, 0.1) is 17.3 Å². The Labute approximate surface area is 95.1 Å². The second kappa shape index (κ2) is 3.57. The van der Waals surface area contributed by atoms with Gasteiger partial charge in [-0.3, -0.25) is 10.5 Å².